The normalized spacial score (nSPS) is 44.8. The summed E-state index contributed by atoms with van der Waals surface area (Å²) in [5.74, 6) is 0.461. The Bertz CT molecular complexity index is 1350. The molecule has 8 rings (SSSR count). The van der Waals surface area contributed by atoms with Gasteiger partial charge in [-0.25, -0.2) is 0 Å². The van der Waals surface area contributed by atoms with E-state index in [-0.39, 0.29) is 53.8 Å². The third-order valence-corrected chi connectivity index (χ3v) is 14.6. The summed E-state index contributed by atoms with van der Waals surface area (Å²) in [7, 11) is 0. The number of aliphatic hydroxyl groups excluding tert-OH is 3. The minimum atomic E-state index is -1.01. The van der Waals surface area contributed by atoms with E-state index in [1.165, 1.54) is 0 Å². The van der Waals surface area contributed by atoms with Crippen molar-refractivity contribution in [3.05, 3.63) is 45.7 Å². The number of thiophene rings is 1. The molecule has 1 unspecified atom stereocenters. The topological polar surface area (TPSA) is 110 Å². The van der Waals surface area contributed by atoms with Gasteiger partial charge in [-0.3, -0.25) is 9.69 Å². The van der Waals surface area contributed by atoms with Gasteiger partial charge in [0.2, 0.25) is 0 Å². The van der Waals surface area contributed by atoms with Gasteiger partial charge in [0.15, 0.2) is 5.78 Å². The van der Waals surface area contributed by atoms with Gasteiger partial charge in [-0.05, 0) is 94.1 Å². The number of Topliss-reactive ketones (excluding diaryl/α,β-unsaturated/α-hetero) is 1. The van der Waals surface area contributed by atoms with Crippen molar-refractivity contribution in [3.63, 3.8) is 0 Å². The first-order valence-corrected chi connectivity index (χ1v) is 17.8. The number of allylic oxidation sites excluding steroid dienone is 4. The fourth-order valence-electron chi connectivity index (χ4n) is 11.3. The minimum absolute atomic E-state index is 0.0603. The summed E-state index contributed by atoms with van der Waals surface area (Å²) >= 11 is 1.56. The second-order valence-electron chi connectivity index (χ2n) is 15.7. The Morgan fingerprint density at radius 3 is 2.55 bits per heavy atom. The van der Waals surface area contributed by atoms with Crippen LogP contribution in [0.25, 0.3) is 0 Å². The van der Waals surface area contributed by atoms with Gasteiger partial charge in [0.05, 0.1) is 35.4 Å². The van der Waals surface area contributed by atoms with E-state index in [0.717, 1.165) is 66.9 Å². The number of nitrogens with zero attached hydrogens (tertiary/aromatic N) is 1. The maximum Gasteiger partial charge on any atom is 0.199 e. The van der Waals surface area contributed by atoms with Crippen molar-refractivity contribution in [1.82, 2.24) is 4.90 Å². The number of carbonyl (C=O) groups is 1. The molecular formula is C36H51NO6S. The van der Waals surface area contributed by atoms with E-state index in [9.17, 15) is 25.2 Å². The zero-order valence-corrected chi connectivity index (χ0v) is 27.5. The molecule has 242 valence electrons. The molecular weight excluding hydrogens is 574 g/mol. The highest BCUT2D eigenvalue weighted by Gasteiger charge is 2.74. The van der Waals surface area contributed by atoms with Gasteiger partial charge in [-0.15, -0.1) is 11.3 Å². The van der Waals surface area contributed by atoms with Crippen molar-refractivity contribution in [2.75, 3.05) is 32.8 Å². The van der Waals surface area contributed by atoms with E-state index >= 15 is 0 Å². The van der Waals surface area contributed by atoms with Crippen molar-refractivity contribution in [2.45, 2.75) is 102 Å². The van der Waals surface area contributed by atoms with E-state index in [0.29, 0.717) is 25.9 Å². The summed E-state index contributed by atoms with van der Waals surface area (Å²) in [5.41, 5.74) is -1.44. The molecule has 2 heterocycles. The van der Waals surface area contributed by atoms with Crippen molar-refractivity contribution in [1.29, 1.82) is 0 Å². The molecule has 7 aliphatic rings. The van der Waals surface area contributed by atoms with Crippen molar-refractivity contribution >= 4 is 17.1 Å². The lowest BCUT2D eigenvalue weighted by Crippen LogP contribution is -2.67. The monoisotopic (exact) mass is 625 g/mol. The lowest BCUT2D eigenvalue weighted by Gasteiger charge is -2.71. The third kappa shape index (κ3) is 4.38. The van der Waals surface area contributed by atoms with Crippen LogP contribution in [0.5, 0.6) is 0 Å². The highest BCUT2D eigenvalue weighted by molar-refractivity contribution is 7.14. The summed E-state index contributed by atoms with van der Waals surface area (Å²) < 4.78 is 5.95. The van der Waals surface area contributed by atoms with E-state index in [1.54, 1.807) is 11.3 Å². The predicted octanol–water partition coefficient (Wildman–Crippen LogP) is 4.66. The van der Waals surface area contributed by atoms with Crippen LogP contribution in [0.3, 0.4) is 0 Å². The van der Waals surface area contributed by atoms with Crippen LogP contribution in [0.2, 0.25) is 0 Å². The second kappa shape index (κ2) is 10.8. The van der Waals surface area contributed by atoms with Crippen LogP contribution in [-0.2, 0) is 4.74 Å². The highest BCUT2D eigenvalue weighted by atomic mass is 32.1. The summed E-state index contributed by atoms with van der Waals surface area (Å²) in [4.78, 5) is 18.6. The highest BCUT2D eigenvalue weighted by Crippen LogP contribution is 2.78. The Kier molecular flexibility index (Phi) is 7.68. The molecule has 1 saturated heterocycles. The van der Waals surface area contributed by atoms with Gasteiger partial charge in [0.1, 0.15) is 0 Å². The van der Waals surface area contributed by atoms with Gasteiger partial charge in [0, 0.05) is 52.9 Å². The fraction of sp³-hybridized carbons (Fsp3) is 0.750. The third-order valence-electron chi connectivity index (χ3n) is 13.6. The molecule has 1 aliphatic heterocycles. The molecule has 2 bridgehead atoms. The van der Waals surface area contributed by atoms with Gasteiger partial charge in [0.25, 0.3) is 0 Å². The molecule has 7 nitrogen and oxygen atoms in total. The molecule has 3 saturated carbocycles. The zero-order chi connectivity index (χ0) is 31.1. The molecule has 1 aromatic heterocycles. The maximum absolute atomic E-state index is 14.6. The molecule has 0 radical (unpaired) electrons. The standard InChI is InChI=1S/C36H51NO6S/c1-23-6-7-28(44-23)31(41)27-18-34-14-15-36(27)29(32(34,2)11-8-24(39)17-34)9-12-33(3)30(36)10-13-35(33,42)22-37(19-25(40)21-38)20-26-5-4-16-43-26/h6-7,14-15,18,24-26,29-30,38-40,42H,4-5,8-13,16-17,19-22H2,1-3H3/t24?,25-,26+,29+,30+,32+,33-,34-,35+,36+/m0/s1. The number of ether oxygens (including phenoxy) is 1. The SMILES string of the molecule is Cc1ccc(C(=O)C2=C[C@@]34C=C[C@@]25[C@@H]2CC[C@@](O)(CN(C[C@H](O)CO)C[C@H]6CCCO6)[C@@]2(C)CC[C@@H]5[C@@]3(C)CCC(O)C4)s1. The molecule has 0 aromatic carbocycles. The van der Waals surface area contributed by atoms with Crippen LogP contribution in [0, 0.1) is 40.4 Å². The number of hydrogen-bond donors (Lipinski definition) is 4. The molecule has 2 spiro atoms. The van der Waals surface area contributed by atoms with Crippen LogP contribution < -0.4 is 0 Å². The van der Waals surface area contributed by atoms with Gasteiger partial charge >= 0.3 is 0 Å². The Morgan fingerprint density at radius 1 is 1.09 bits per heavy atom. The number of carbonyl (C=O) groups excluding carboxylic acids is 1. The van der Waals surface area contributed by atoms with Crippen molar-refractivity contribution < 1.29 is 30.0 Å². The van der Waals surface area contributed by atoms with Crippen LogP contribution in [0.4, 0.5) is 0 Å². The van der Waals surface area contributed by atoms with E-state index in [2.05, 4.69) is 37.0 Å². The maximum atomic E-state index is 14.6. The van der Waals surface area contributed by atoms with Crippen molar-refractivity contribution in [3.8, 4) is 0 Å². The average Bonchev–Trinajstić information content (AvgIpc) is 3.72. The van der Waals surface area contributed by atoms with E-state index in [1.807, 2.05) is 19.1 Å². The summed E-state index contributed by atoms with van der Waals surface area (Å²) in [6.07, 6.45) is 13.4. The van der Waals surface area contributed by atoms with Crippen LogP contribution in [0.1, 0.15) is 86.2 Å². The Labute approximate surface area is 266 Å². The lowest BCUT2D eigenvalue weighted by molar-refractivity contribution is -0.177. The number of rotatable bonds is 9. The van der Waals surface area contributed by atoms with Crippen LogP contribution >= 0.6 is 11.3 Å². The smallest absolute Gasteiger partial charge is 0.199 e. The Morgan fingerprint density at radius 2 is 1.84 bits per heavy atom. The summed E-state index contributed by atoms with van der Waals surface area (Å²) in [5, 5.41) is 43.9. The lowest BCUT2D eigenvalue weighted by atomic mass is 9.32. The number of ketones is 1. The first-order valence-electron chi connectivity index (χ1n) is 17.0. The molecule has 6 aliphatic carbocycles. The van der Waals surface area contributed by atoms with Gasteiger partial charge < -0.3 is 25.2 Å². The van der Waals surface area contributed by atoms with Crippen LogP contribution in [0.15, 0.2) is 35.9 Å². The number of aliphatic hydroxyl groups is 4. The van der Waals surface area contributed by atoms with Gasteiger partial charge in [-0.2, -0.15) is 0 Å². The number of fused-ring (bicyclic) bond motifs is 1. The molecule has 4 fully saturated rings. The Hall–Kier alpha value is -1.39. The molecule has 44 heavy (non-hydrogen) atoms. The number of hydrogen-bond acceptors (Lipinski definition) is 8. The van der Waals surface area contributed by atoms with Gasteiger partial charge in [-0.1, -0.05) is 32.1 Å². The fourth-order valence-corrected chi connectivity index (χ4v) is 12.1. The largest absolute Gasteiger partial charge is 0.394 e. The predicted molar refractivity (Wildman–Crippen MR) is 170 cm³/mol. The quantitative estimate of drug-likeness (QED) is 0.233. The summed E-state index contributed by atoms with van der Waals surface area (Å²) in [6, 6.07) is 4.00. The van der Waals surface area contributed by atoms with E-state index in [4.69, 9.17) is 4.74 Å². The molecule has 1 aromatic rings. The minimum Gasteiger partial charge on any atom is -0.394 e. The number of aryl methyl sites for hydroxylation is 1. The van der Waals surface area contributed by atoms with E-state index < -0.39 is 22.5 Å². The Balaban J connectivity index is 1.29. The molecule has 4 N–H and O–H groups in total. The zero-order valence-electron chi connectivity index (χ0n) is 26.6. The first-order chi connectivity index (χ1) is 20.9. The van der Waals surface area contributed by atoms with Crippen molar-refractivity contribution in [2.24, 2.45) is 33.5 Å². The molecule has 10 atom stereocenters. The first kappa shape index (κ1) is 31.2. The second-order valence-corrected chi connectivity index (χ2v) is 17.0. The average molecular weight is 626 g/mol. The molecule has 8 heteroatoms. The summed E-state index contributed by atoms with van der Waals surface area (Å²) in [6.45, 7) is 8.47. The van der Waals surface area contributed by atoms with Crippen LogP contribution in [-0.4, -0.2) is 87.9 Å². The molecule has 0 amide bonds.